The van der Waals surface area contributed by atoms with Crippen LogP contribution >= 0.6 is 0 Å². The monoisotopic (exact) mass is 719 g/mol. The van der Waals surface area contributed by atoms with Crippen molar-refractivity contribution in [3.63, 3.8) is 0 Å². The number of pyridine rings is 1. The van der Waals surface area contributed by atoms with Crippen LogP contribution in [0.5, 0.6) is 0 Å². The molecule has 0 atom stereocenters. The smallest absolute Gasteiger partial charge is 0.229 e. The summed E-state index contributed by atoms with van der Waals surface area (Å²) in [7, 11) is 0. The highest BCUT2D eigenvalue weighted by Gasteiger charge is 2.18. The number of nitrogens with zero attached hydrogens (tertiary/aromatic N) is 7. The molecule has 11 rings (SSSR count). The molecule has 6 aromatic carbocycles. The number of hydrogen-bond donors (Lipinski definition) is 0. The van der Waals surface area contributed by atoms with Crippen molar-refractivity contribution in [3.05, 3.63) is 176 Å². The van der Waals surface area contributed by atoms with Crippen molar-refractivity contribution >= 4 is 44.0 Å². The first kappa shape index (κ1) is 31.7. The van der Waals surface area contributed by atoms with Crippen LogP contribution < -0.4 is 0 Å². The van der Waals surface area contributed by atoms with Gasteiger partial charge in [0.2, 0.25) is 5.71 Å². The van der Waals surface area contributed by atoms with Crippen molar-refractivity contribution < 1.29 is 4.42 Å². The first-order valence-electron chi connectivity index (χ1n) is 18.4. The van der Waals surface area contributed by atoms with E-state index in [-0.39, 0.29) is 0 Å². The van der Waals surface area contributed by atoms with Crippen molar-refractivity contribution in [1.82, 2.24) is 34.5 Å². The van der Waals surface area contributed by atoms with Crippen molar-refractivity contribution in [2.75, 3.05) is 0 Å². The summed E-state index contributed by atoms with van der Waals surface area (Å²) in [5.41, 5.74) is 11.5. The highest BCUT2D eigenvalue weighted by atomic mass is 16.3. The molecule has 8 nitrogen and oxygen atoms in total. The van der Waals surface area contributed by atoms with Gasteiger partial charge < -0.3 is 8.98 Å². The SMILES string of the molecule is c1ccc(-c2nc(-c3ccc(-c4cnc5oc6c(-c7ccccc7)ncnc6c5c4)cc3)nc(-c3cccc(-n4c5ccccc5c5ccccc54)c3)n2)cc1. The van der Waals surface area contributed by atoms with E-state index in [0.29, 0.717) is 28.8 Å². The fourth-order valence-corrected chi connectivity index (χ4v) is 7.57. The quantitative estimate of drug-likeness (QED) is 0.169. The Kier molecular flexibility index (Phi) is 7.31. The minimum atomic E-state index is 0.520. The number of benzene rings is 6. The number of hydrogen-bond acceptors (Lipinski definition) is 7. The number of para-hydroxylation sites is 2. The van der Waals surface area contributed by atoms with Gasteiger partial charge in [0, 0.05) is 50.5 Å². The summed E-state index contributed by atoms with van der Waals surface area (Å²) in [6, 6.07) is 55.8. The van der Waals surface area contributed by atoms with Crippen LogP contribution in [-0.4, -0.2) is 34.5 Å². The molecule has 0 N–H and O–H groups in total. The topological polar surface area (TPSA) is 95.4 Å². The highest BCUT2D eigenvalue weighted by molar-refractivity contribution is 6.09. The number of aromatic nitrogens is 7. The second kappa shape index (κ2) is 12.9. The van der Waals surface area contributed by atoms with Crippen LogP contribution in [0.3, 0.4) is 0 Å². The summed E-state index contributed by atoms with van der Waals surface area (Å²) < 4.78 is 8.51. The number of rotatable bonds is 6. The average Bonchev–Trinajstić information content (AvgIpc) is 3.83. The molecule has 0 saturated carbocycles. The van der Waals surface area contributed by atoms with Crippen molar-refractivity contribution in [3.8, 4) is 62.2 Å². The van der Waals surface area contributed by atoms with E-state index in [0.717, 1.165) is 66.7 Å². The lowest BCUT2D eigenvalue weighted by Crippen LogP contribution is -2.01. The Morgan fingerprint density at radius 1 is 0.411 bits per heavy atom. The van der Waals surface area contributed by atoms with Crippen LogP contribution in [0, 0.1) is 0 Å². The Hall–Kier alpha value is -7.84. The van der Waals surface area contributed by atoms with Gasteiger partial charge in [-0.3, -0.25) is 0 Å². The summed E-state index contributed by atoms with van der Waals surface area (Å²) in [6.45, 7) is 0. The number of furan rings is 1. The molecule has 8 heteroatoms. The van der Waals surface area contributed by atoms with E-state index in [1.807, 2.05) is 79.0 Å². The number of fused-ring (bicyclic) bond motifs is 6. The third-order valence-corrected chi connectivity index (χ3v) is 10.2. The molecule has 0 unspecified atom stereocenters. The first-order chi connectivity index (χ1) is 27.7. The van der Waals surface area contributed by atoms with Crippen molar-refractivity contribution in [1.29, 1.82) is 0 Å². The largest absolute Gasteiger partial charge is 0.434 e. The predicted octanol–water partition coefficient (Wildman–Crippen LogP) is 11.4. The van der Waals surface area contributed by atoms with Crippen molar-refractivity contribution in [2.24, 2.45) is 0 Å². The molecule has 0 amide bonds. The zero-order chi connectivity index (χ0) is 37.0. The Bertz CT molecular complexity index is 3190. The molecule has 56 heavy (non-hydrogen) atoms. The Morgan fingerprint density at radius 3 is 1.68 bits per heavy atom. The maximum absolute atomic E-state index is 6.21. The lowest BCUT2D eigenvalue weighted by molar-refractivity contribution is 0.652. The lowest BCUT2D eigenvalue weighted by atomic mass is 10.0. The normalized spacial score (nSPS) is 11.6. The molecule has 0 aliphatic heterocycles. The van der Waals surface area contributed by atoms with E-state index in [1.54, 1.807) is 6.33 Å². The zero-order valence-corrected chi connectivity index (χ0v) is 29.8. The van der Waals surface area contributed by atoms with E-state index in [4.69, 9.17) is 24.4 Å². The van der Waals surface area contributed by atoms with E-state index >= 15 is 0 Å². The summed E-state index contributed by atoms with van der Waals surface area (Å²) in [5.74, 6) is 1.79. The van der Waals surface area contributed by atoms with E-state index in [1.165, 1.54) is 10.8 Å². The maximum Gasteiger partial charge on any atom is 0.229 e. The van der Waals surface area contributed by atoms with E-state index in [9.17, 15) is 0 Å². The van der Waals surface area contributed by atoms with Gasteiger partial charge in [-0.05, 0) is 35.9 Å². The van der Waals surface area contributed by atoms with Gasteiger partial charge in [0.25, 0.3) is 0 Å². The second-order valence-electron chi connectivity index (χ2n) is 13.6. The molecule has 0 fully saturated rings. The summed E-state index contributed by atoms with van der Waals surface area (Å²) in [4.78, 5) is 28.9. The maximum atomic E-state index is 6.21. The van der Waals surface area contributed by atoms with Crippen LogP contribution in [0.2, 0.25) is 0 Å². The molecule has 262 valence electrons. The average molecular weight is 720 g/mol. The van der Waals surface area contributed by atoms with Gasteiger partial charge in [0.1, 0.15) is 17.5 Å². The Morgan fingerprint density at radius 2 is 0.982 bits per heavy atom. The standard InChI is InChI=1S/C48H29N7O/c1-3-12-31(13-4-1)42-44-43(51-29-50-42)39-27-35(28-49-48(39)56-44)30-22-24-33(25-23-30)46-52-45(32-14-5-2-6-15-32)53-47(54-46)34-16-11-17-36(26-34)55-40-20-9-7-18-37(40)38-19-8-10-21-41(38)55/h1-29H. The fourth-order valence-electron chi connectivity index (χ4n) is 7.57. The molecule has 0 spiro atoms. The fraction of sp³-hybridized carbons (Fsp3) is 0. The minimum absolute atomic E-state index is 0.520. The Balaban J connectivity index is 0.990. The second-order valence-corrected chi connectivity index (χ2v) is 13.6. The van der Waals surface area contributed by atoms with Gasteiger partial charge in [-0.1, -0.05) is 133 Å². The Labute approximate surface area is 320 Å². The predicted molar refractivity (Wildman–Crippen MR) is 222 cm³/mol. The van der Waals surface area contributed by atoms with Gasteiger partial charge in [0.15, 0.2) is 23.1 Å². The van der Waals surface area contributed by atoms with Crippen molar-refractivity contribution in [2.45, 2.75) is 0 Å². The summed E-state index contributed by atoms with van der Waals surface area (Å²) >= 11 is 0. The minimum Gasteiger partial charge on any atom is -0.434 e. The van der Waals surface area contributed by atoms with Gasteiger partial charge in [-0.2, -0.15) is 0 Å². The van der Waals surface area contributed by atoms with Crippen LogP contribution in [0.4, 0.5) is 0 Å². The molecular weight excluding hydrogens is 691 g/mol. The molecule has 0 aliphatic carbocycles. The molecule has 0 saturated heterocycles. The third kappa shape index (κ3) is 5.31. The molecule has 0 radical (unpaired) electrons. The molecular formula is C48H29N7O. The van der Waals surface area contributed by atoms with Gasteiger partial charge in [-0.25, -0.2) is 29.9 Å². The van der Waals surface area contributed by atoms with E-state index < -0.39 is 0 Å². The van der Waals surface area contributed by atoms with E-state index in [2.05, 4.69) is 106 Å². The molecule has 0 aliphatic rings. The molecule has 0 bridgehead atoms. The highest BCUT2D eigenvalue weighted by Crippen LogP contribution is 2.36. The van der Waals surface area contributed by atoms with Gasteiger partial charge in [-0.15, -0.1) is 0 Å². The lowest BCUT2D eigenvalue weighted by Gasteiger charge is -2.12. The summed E-state index contributed by atoms with van der Waals surface area (Å²) in [5, 5.41) is 3.26. The van der Waals surface area contributed by atoms with Crippen LogP contribution in [0.25, 0.3) is 106 Å². The third-order valence-electron chi connectivity index (χ3n) is 10.2. The van der Waals surface area contributed by atoms with Crippen LogP contribution in [0.15, 0.2) is 181 Å². The molecule has 11 aromatic rings. The van der Waals surface area contributed by atoms with Crippen LogP contribution in [0.1, 0.15) is 0 Å². The summed E-state index contributed by atoms with van der Waals surface area (Å²) in [6.07, 6.45) is 3.41. The molecule has 5 heterocycles. The first-order valence-corrected chi connectivity index (χ1v) is 18.4. The van der Waals surface area contributed by atoms with Gasteiger partial charge in [0.05, 0.1) is 16.4 Å². The zero-order valence-electron chi connectivity index (χ0n) is 29.8. The molecule has 5 aromatic heterocycles. The van der Waals surface area contributed by atoms with Crippen LogP contribution in [-0.2, 0) is 0 Å². The van der Waals surface area contributed by atoms with Gasteiger partial charge >= 0.3 is 0 Å².